The fourth-order valence-corrected chi connectivity index (χ4v) is 3.60. The molecule has 0 bridgehead atoms. The van der Waals surface area contributed by atoms with Gasteiger partial charge < -0.3 is 4.90 Å². The topological polar surface area (TPSA) is 20.3 Å². The Hall–Kier alpha value is -2.00. The van der Waals surface area contributed by atoms with E-state index in [9.17, 15) is 9.18 Å². The normalized spacial score (nSPS) is 18.5. The van der Waals surface area contributed by atoms with Crippen LogP contribution >= 0.6 is 0 Å². The number of carbonyl (C=O) groups is 1. The highest BCUT2D eigenvalue weighted by Gasteiger charge is 2.24. The summed E-state index contributed by atoms with van der Waals surface area (Å²) in [5.74, 6) is 0.445. The summed E-state index contributed by atoms with van der Waals surface area (Å²) in [7, 11) is 0. The Labute approximate surface area is 149 Å². The maximum atomic E-state index is 13.0. The van der Waals surface area contributed by atoms with Crippen molar-refractivity contribution in [3.8, 4) is 11.1 Å². The number of likely N-dealkylation sites (tertiary alicyclic amines) is 1. The first-order valence-corrected chi connectivity index (χ1v) is 9.16. The fraction of sp³-hybridized carbons (Fsp3) is 0.409. The molecular weight excluding hydrogens is 313 g/mol. The molecule has 2 aromatic carbocycles. The van der Waals surface area contributed by atoms with Crippen molar-refractivity contribution in [3.05, 3.63) is 59.9 Å². The van der Waals surface area contributed by atoms with Gasteiger partial charge in [-0.2, -0.15) is 0 Å². The van der Waals surface area contributed by atoms with Crippen LogP contribution in [0.4, 0.5) is 4.39 Å². The van der Waals surface area contributed by atoms with Crippen molar-refractivity contribution < 1.29 is 9.18 Å². The van der Waals surface area contributed by atoms with E-state index in [0.717, 1.165) is 36.2 Å². The average molecular weight is 339 g/mol. The van der Waals surface area contributed by atoms with Gasteiger partial charge in [0.2, 0.25) is 0 Å². The first-order chi connectivity index (χ1) is 12.0. The molecule has 1 heterocycles. The Morgan fingerprint density at radius 3 is 2.28 bits per heavy atom. The molecule has 0 unspecified atom stereocenters. The lowest BCUT2D eigenvalue weighted by Crippen LogP contribution is -2.40. The van der Waals surface area contributed by atoms with E-state index < -0.39 is 0 Å². The molecule has 3 heteroatoms. The molecule has 0 saturated carbocycles. The summed E-state index contributed by atoms with van der Waals surface area (Å²) >= 11 is 0. The smallest absolute Gasteiger partial charge is 0.163 e. The minimum Gasteiger partial charge on any atom is -0.301 e. The summed E-state index contributed by atoms with van der Waals surface area (Å²) in [6, 6.07) is 14.7. The summed E-state index contributed by atoms with van der Waals surface area (Å²) in [5.41, 5.74) is 2.73. The molecule has 0 N–H and O–H groups in total. The van der Waals surface area contributed by atoms with Gasteiger partial charge in [0.15, 0.2) is 5.78 Å². The molecule has 1 atom stereocenters. The molecule has 0 spiro atoms. The number of nitrogens with zero attached hydrogens (tertiary/aromatic N) is 1. The van der Waals surface area contributed by atoms with E-state index in [2.05, 4.69) is 18.7 Å². The largest absolute Gasteiger partial charge is 0.301 e. The first kappa shape index (κ1) is 17.8. The number of halogens is 1. The Morgan fingerprint density at radius 2 is 1.68 bits per heavy atom. The number of piperidine rings is 1. The van der Waals surface area contributed by atoms with Gasteiger partial charge >= 0.3 is 0 Å². The van der Waals surface area contributed by atoms with Crippen LogP contribution in [0.25, 0.3) is 11.1 Å². The molecule has 2 nitrogen and oxygen atoms in total. The lowest BCUT2D eigenvalue weighted by Gasteiger charge is -2.35. The second kappa shape index (κ2) is 7.92. The molecule has 1 fully saturated rings. The number of carbonyl (C=O) groups excluding carboxylic acids is 1. The SMILES string of the molecule is CC(C)N1CCC[C@@H](CC(=O)c2ccc(-c3ccc(F)cc3)cc2)C1. The van der Waals surface area contributed by atoms with Crippen LogP contribution in [0.1, 0.15) is 43.5 Å². The maximum Gasteiger partial charge on any atom is 0.163 e. The Morgan fingerprint density at radius 1 is 1.08 bits per heavy atom. The minimum absolute atomic E-state index is 0.223. The van der Waals surface area contributed by atoms with Crippen LogP contribution in [-0.2, 0) is 0 Å². The van der Waals surface area contributed by atoms with Crippen LogP contribution in [0, 0.1) is 11.7 Å². The molecule has 1 aliphatic heterocycles. The fourth-order valence-electron chi connectivity index (χ4n) is 3.60. The van der Waals surface area contributed by atoms with E-state index in [0.29, 0.717) is 18.4 Å². The summed E-state index contributed by atoms with van der Waals surface area (Å²) in [6.45, 7) is 6.61. The summed E-state index contributed by atoms with van der Waals surface area (Å²) in [4.78, 5) is 15.1. The zero-order valence-electron chi connectivity index (χ0n) is 15.0. The third-order valence-electron chi connectivity index (χ3n) is 5.14. The molecule has 3 rings (SSSR count). The Bertz CT molecular complexity index is 706. The van der Waals surface area contributed by atoms with Gasteiger partial charge in [-0.25, -0.2) is 4.39 Å². The highest BCUT2D eigenvalue weighted by Crippen LogP contribution is 2.24. The van der Waals surface area contributed by atoms with Crippen LogP contribution in [0.15, 0.2) is 48.5 Å². The summed E-state index contributed by atoms with van der Waals surface area (Å²) < 4.78 is 13.0. The second-order valence-electron chi connectivity index (χ2n) is 7.31. The van der Waals surface area contributed by atoms with E-state index in [1.165, 1.54) is 18.6 Å². The lowest BCUT2D eigenvalue weighted by atomic mass is 9.90. The summed E-state index contributed by atoms with van der Waals surface area (Å²) in [5, 5.41) is 0. The molecule has 1 aliphatic rings. The van der Waals surface area contributed by atoms with Crippen molar-refractivity contribution in [2.24, 2.45) is 5.92 Å². The zero-order valence-corrected chi connectivity index (χ0v) is 15.0. The molecule has 0 aromatic heterocycles. The number of benzene rings is 2. The summed E-state index contributed by atoms with van der Waals surface area (Å²) in [6.07, 6.45) is 2.95. The number of Topliss-reactive ketones (excluding diaryl/α,β-unsaturated/α-hetero) is 1. The van der Waals surface area contributed by atoms with Gasteiger partial charge in [-0.1, -0.05) is 36.4 Å². The lowest BCUT2D eigenvalue weighted by molar-refractivity contribution is 0.0890. The van der Waals surface area contributed by atoms with Crippen LogP contribution in [0.2, 0.25) is 0 Å². The highest BCUT2D eigenvalue weighted by molar-refractivity contribution is 5.96. The zero-order chi connectivity index (χ0) is 17.8. The molecule has 0 radical (unpaired) electrons. The number of hydrogen-bond donors (Lipinski definition) is 0. The molecule has 0 amide bonds. The standard InChI is InChI=1S/C22H26FNO/c1-16(2)24-13-3-4-17(15-24)14-22(25)20-7-5-18(6-8-20)19-9-11-21(23)12-10-19/h5-12,16-17H,3-4,13-15H2,1-2H3/t17-/m0/s1. The van der Waals surface area contributed by atoms with E-state index in [4.69, 9.17) is 0 Å². The molecule has 2 aromatic rings. The van der Waals surface area contributed by atoms with Gasteiger partial charge in [-0.3, -0.25) is 4.79 Å². The van der Waals surface area contributed by atoms with Crippen LogP contribution in [0.3, 0.4) is 0 Å². The molecule has 1 saturated heterocycles. The van der Waals surface area contributed by atoms with Crippen molar-refractivity contribution in [2.75, 3.05) is 13.1 Å². The average Bonchev–Trinajstić information content (AvgIpc) is 2.63. The van der Waals surface area contributed by atoms with Crippen LogP contribution in [0.5, 0.6) is 0 Å². The predicted molar refractivity (Wildman–Crippen MR) is 100 cm³/mol. The highest BCUT2D eigenvalue weighted by atomic mass is 19.1. The Balaban J connectivity index is 1.63. The minimum atomic E-state index is -0.238. The third-order valence-corrected chi connectivity index (χ3v) is 5.14. The monoisotopic (exact) mass is 339 g/mol. The van der Waals surface area contributed by atoms with E-state index >= 15 is 0 Å². The van der Waals surface area contributed by atoms with Gasteiger partial charge in [0, 0.05) is 24.6 Å². The van der Waals surface area contributed by atoms with Crippen molar-refractivity contribution in [1.82, 2.24) is 4.90 Å². The Kier molecular flexibility index (Phi) is 5.64. The van der Waals surface area contributed by atoms with Crippen molar-refractivity contribution in [1.29, 1.82) is 0 Å². The van der Waals surface area contributed by atoms with Crippen LogP contribution < -0.4 is 0 Å². The quantitative estimate of drug-likeness (QED) is 0.699. The van der Waals surface area contributed by atoms with Crippen molar-refractivity contribution in [2.45, 2.75) is 39.2 Å². The third kappa shape index (κ3) is 4.55. The molecular formula is C22H26FNO. The molecule has 0 aliphatic carbocycles. The maximum absolute atomic E-state index is 13.0. The number of hydrogen-bond acceptors (Lipinski definition) is 2. The van der Waals surface area contributed by atoms with Crippen LogP contribution in [-0.4, -0.2) is 29.8 Å². The molecule has 132 valence electrons. The van der Waals surface area contributed by atoms with E-state index in [1.54, 1.807) is 12.1 Å². The van der Waals surface area contributed by atoms with Gasteiger partial charge in [0.1, 0.15) is 5.82 Å². The molecule has 25 heavy (non-hydrogen) atoms. The predicted octanol–water partition coefficient (Wildman–Crippen LogP) is 5.19. The second-order valence-corrected chi connectivity index (χ2v) is 7.31. The van der Waals surface area contributed by atoms with E-state index in [1.807, 2.05) is 24.3 Å². The van der Waals surface area contributed by atoms with Gasteiger partial charge in [-0.15, -0.1) is 0 Å². The van der Waals surface area contributed by atoms with Gasteiger partial charge in [0.05, 0.1) is 0 Å². The van der Waals surface area contributed by atoms with Crippen molar-refractivity contribution >= 4 is 5.78 Å². The number of rotatable bonds is 5. The van der Waals surface area contributed by atoms with E-state index in [-0.39, 0.29) is 11.6 Å². The van der Waals surface area contributed by atoms with Crippen molar-refractivity contribution in [3.63, 3.8) is 0 Å². The number of ketones is 1. The first-order valence-electron chi connectivity index (χ1n) is 9.16. The van der Waals surface area contributed by atoms with Gasteiger partial charge in [-0.05, 0) is 62.4 Å². The van der Waals surface area contributed by atoms with Gasteiger partial charge in [0.25, 0.3) is 0 Å².